The molecule has 0 aliphatic heterocycles. The van der Waals surface area contributed by atoms with E-state index in [2.05, 4.69) is 4.99 Å². The molecule has 0 heterocycles. The molecule has 5 nitrogen and oxygen atoms in total. The highest BCUT2D eigenvalue weighted by atomic mass is 32.2. The molecule has 0 saturated heterocycles. The highest BCUT2D eigenvalue weighted by Gasteiger charge is 2.38. The van der Waals surface area contributed by atoms with Gasteiger partial charge in [0.15, 0.2) is 0 Å². The first-order chi connectivity index (χ1) is 8.24. The van der Waals surface area contributed by atoms with Crippen molar-refractivity contribution in [3.05, 3.63) is 0 Å². The number of amidine groups is 1. The molecule has 0 bridgehead atoms. The molecule has 1 unspecified atom stereocenters. The molecule has 0 aromatic rings. The summed E-state index contributed by atoms with van der Waals surface area (Å²) in [6, 6.07) is 0. The number of carbonyl (C=O) groups is 1. The predicted molar refractivity (Wildman–Crippen MR) is 73.8 cm³/mol. The Labute approximate surface area is 111 Å². The first-order valence-electron chi connectivity index (χ1n) is 5.70. The Morgan fingerprint density at radius 2 is 2.11 bits per heavy atom. The molecular weight excluding hydrogens is 257 g/mol. The van der Waals surface area contributed by atoms with Gasteiger partial charge in [-0.1, -0.05) is 13.8 Å². The van der Waals surface area contributed by atoms with Crippen LogP contribution in [0.2, 0.25) is 0 Å². The maximum Gasteiger partial charge on any atom is 0.324 e. The number of thioether (sulfide) groups is 1. The summed E-state index contributed by atoms with van der Waals surface area (Å²) in [5, 5.41) is 8.71. The second kappa shape index (κ2) is 7.58. The lowest BCUT2D eigenvalue weighted by atomic mass is 9.90. The van der Waals surface area contributed by atoms with Crippen LogP contribution < -0.4 is 11.5 Å². The average Bonchev–Trinajstić information content (AvgIpc) is 2.27. The monoisotopic (exact) mass is 279 g/mol. The van der Waals surface area contributed by atoms with Crippen LogP contribution in [0, 0.1) is 5.92 Å². The van der Waals surface area contributed by atoms with Gasteiger partial charge >= 0.3 is 5.97 Å². The number of carboxylic acids is 1. The summed E-state index contributed by atoms with van der Waals surface area (Å²) in [6.45, 7) is 4.74. The molecule has 0 aliphatic carbocycles. The molecule has 0 fully saturated rings. The van der Waals surface area contributed by atoms with Gasteiger partial charge < -0.3 is 16.6 Å². The topological polar surface area (TPSA) is 102 Å². The zero-order chi connectivity index (χ0) is 14.3. The Bertz CT molecular complexity index is 309. The minimum absolute atomic E-state index is 0.147. The summed E-state index contributed by atoms with van der Waals surface area (Å²) in [5.41, 5.74) is 9.86. The standard InChI is InChI=1S/C11H22FN3O2S/c1-7(2)11(14,10(16)17)6-18-9(4-12)5-15-8(3)13/h7,9H,4-6,14H2,1-3H3,(H2,13,15)(H,16,17)/t9?,11-/m1/s1. The van der Waals surface area contributed by atoms with Gasteiger partial charge in [0, 0.05) is 5.75 Å². The van der Waals surface area contributed by atoms with Crippen LogP contribution in [0.3, 0.4) is 0 Å². The fourth-order valence-electron chi connectivity index (χ4n) is 1.12. The normalized spacial score (nSPS) is 17.6. The number of carboxylic acid groups (broad SMARTS) is 1. The number of aliphatic imine (C=N–C) groups is 1. The van der Waals surface area contributed by atoms with Crippen molar-refractivity contribution in [1.29, 1.82) is 0 Å². The van der Waals surface area contributed by atoms with Crippen molar-refractivity contribution in [2.24, 2.45) is 22.4 Å². The van der Waals surface area contributed by atoms with Gasteiger partial charge in [0.05, 0.1) is 17.6 Å². The largest absolute Gasteiger partial charge is 0.480 e. The average molecular weight is 279 g/mol. The van der Waals surface area contributed by atoms with Gasteiger partial charge in [0.2, 0.25) is 0 Å². The van der Waals surface area contributed by atoms with Crippen molar-refractivity contribution < 1.29 is 14.3 Å². The number of hydrogen-bond donors (Lipinski definition) is 3. The van der Waals surface area contributed by atoms with Crippen molar-refractivity contribution in [2.45, 2.75) is 31.6 Å². The molecule has 0 rings (SSSR count). The number of aliphatic carboxylic acids is 1. The zero-order valence-electron chi connectivity index (χ0n) is 11.0. The summed E-state index contributed by atoms with van der Waals surface area (Å²) < 4.78 is 12.8. The maximum absolute atomic E-state index is 12.8. The van der Waals surface area contributed by atoms with Gasteiger partial charge in [-0.15, -0.1) is 0 Å². The van der Waals surface area contributed by atoms with Gasteiger partial charge in [-0.2, -0.15) is 11.8 Å². The molecule has 0 aliphatic rings. The van der Waals surface area contributed by atoms with Crippen molar-refractivity contribution in [3.8, 4) is 0 Å². The van der Waals surface area contributed by atoms with Crippen LogP contribution in [0.1, 0.15) is 20.8 Å². The van der Waals surface area contributed by atoms with Gasteiger partial charge in [-0.25, -0.2) is 4.39 Å². The van der Waals surface area contributed by atoms with Crippen LogP contribution in [0.25, 0.3) is 0 Å². The fourth-order valence-corrected chi connectivity index (χ4v) is 2.36. The van der Waals surface area contributed by atoms with Crippen LogP contribution in [0.15, 0.2) is 4.99 Å². The van der Waals surface area contributed by atoms with Crippen LogP contribution >= 0.6 is 11.8 Å². The summed E-state index contributed by atoms with van der Waals surface area (Å²) in [4.78, 5) is 15.1. The Hall–Kier alpha value is -0.820. The van der Waals surface area contributed by atoms with Crippen molar-refractivity contribution >= 4 is 23.6 Å². The predicted octanol–water partition coefficient (Wildman–Crippen LogP) is 0.873. The van der Waals surface area contributed by atoms with E-state index in [0.29, 0.717) is 5.84 Å². The molecule has 2 atom stereocenters. The molecule has 0 aromatic heterocycles. The van der Waals surface area contributed by atoms with Crippen LogP contribution in [-0.4, -0.2) is 46.7 Å². The van der Waals surface area contributed by atoms with Crippen molar-refractivity contribution in [3.63, 3.8) is 0 Å². The smallest absolute Gasteiger partial charge is 0.324 e. The van der Waals surface area contributed by atoms with E-state index in [-0.39, 0.29) is 18.2 Å². The Balaban J connectivity index is 4.50. The molecule has 18 heavy (non-hydrogen) atoms. The zero-order valence-corrected chi connectivity index (χ0v) is 11.8. The van der Waals surface area contributed by atoms with E-state index in [4.69, 9.17) is 16.6 Å². The van der Waals surface area contributed by atoms with E-state index in [1.165, 1.54) is 11.8 Å². The second-order valence-electron chi connectivity index (χ2n) is 4.57. The summed E-state index contributed by atoms with van der Waals surface area (Å²) in [5.74, 6) is -0.771. The highest BCUT2D eigenvalue weighted by molar-refractivity contribution is 8.00. The maximum atomic E-state index is 12.8. The molecule has 0 spiro atoms. The lowest BCUT2D eigenvalue weighted by Gasteiger charge is -2.29. The molecule has 106 valence electrons. The Morgan fingerprint density at radius 3 is 2.44 bits per heavy atom. The number of alkyl halides is 1. The Kier molecular flexibility index (Phi) is 7.23. The quantitative estimate of drug-likeness (QED) is 0.452. The summed E-state index contributed by atoms with van der Waals surface area (Å²) in [7, 11) is 0. The lowest BCUT2D eigenvalue weighted by Crippen LogP contribution is -2.55. The van der Waals surface area contributed by atoms with E-state index < -0.39 is 23.4 Å². The van der Waals surface area contributed by atoms with E-state index in [1.807, 2.05) is 0 Å². The lowest BCUT2D eigenvalue weighted by molar-refractivity contribution is -0.144. The van der Waals surface area contributed by atoms with Crippen LogP contribution in [0.5, 0.6) is 0 Å². The van der Waals surface area contributed by atoms with E-state index >= 15 is 0 Å². The number of nitrogens with zero attached hydrogens (tertiary/aromatic N) is 1. The SMILES string of the molecule is CC(N)=NCC(CF)SC[C@](N)(C(=O)O)C(C)C. The molecule has 0 saturated carbocycles. The minimum atomic E-state index is -1.35. The molecule has 5 N–H and O–H groups in total. The number of hydrogen-bond acceptors (Lipinski definition) is 4. The van der Waals surface area contributed by atoms with Crippen LogP contribution in [-0.2, 0) is 4.79 Å². The third-order valence-corrected chi connectivity index (χ3v) is 4.09. The van der Waals surface area contributed by atoms with Gasteiger partial charge in [-0.05, 0) is 12.8 Å². The van der Waals surface area contributed by atoms with Gasteiger partial charge in [0.1, 0.15) is 12.2 Å². The molecule has 0 aromatic carbocycles. The van der Waals surface area contributed by atoms with Crippen molar-refractivity contribution in [1.82, 2.24) is 0 Å². The summed E-state index contributed by atoms with van der Waals surface area (Å²) in [6.07, 6.45) is 0. The van der Waals surface area contributed by atoms with Gasteiger partial charge in [0.25, 0.3) is 0 Å². The number of nitrogens with two attached hydrogens (primary N) is 2. The summed E-state index contributed by atoms with van der Waals surface area (Å²) >= 11 is 1.18. The fraction of sp³-hybridized carbons (Fsp3) is 0.818. The highest BCUT2D eigenvalue weighted by Crippen LogP contribution is 2.23. The molecule has 7 heteroatoms. The molecule has 0 amide bonds. The van der Waals surface area contributed by atoms with Crippen molar-refractivity contribution in [2.75, 3.05) is 19.0 Å². The third kappa shape index (κ3) is 5.22. The minimum Gasteiger partial charge on any atom is -0.480 e. The Morgan fingerprint density at radius 1 is 1.56 bits per heavy atom. The second-order valence-corrected chi connectivity index (χ2v) is 5.86. The number of rotatable bonds is 8. The van der Waals surface area contributed by atoms with Gasteiger partial charge in [-0.3, -0.25) is 9.79 Å². The van der Waals surface area contributed by atoms with E-state index in [1.54, 1.807) is 20.8 Å². The number of halogens is 1. The van der Waals surface area contributed by atoms with E-state index in [9.17, 15) is 9.18 Å². The third-order valence-electron chi connectivity index (χ3n) is 2.70. The first-order valence-corrected chi connectivity index (χ1v) is 6.75. The van der Waals surface area contributed by atoms with E-state index in [0.717, 1.165) is 0 Å². The molecular formula is C11H22FN3O2S. The molecule has 0 radical (unpaired) electrons. The van der Waals surface area contributed by atoms with Crippen LogP contribution in [0.4, 0.5) is 4.39 Å². The first kappa shape index (κ1) is 17.2.